The van der Waals surface area contributed by atoms with Gasteiger partial charge in [0.15, 0.2) is 0 Å². The van der Waals surface area contributed by atoms with Gasteiger partial charge in [0.1, 0.15) is 0 Å². The number of carbonyl (C=O) groups is 3. The molecule has 8 nitrogen and oxygen atoms in total. The summed E-state index contributed by atoms with van der Waals surface area (Å²) in [7, 11) is 0. The minimum Gasteiger partial charge on any atom is -0.481 e. The zero-order valence-corrected chi connectivity index (χ0v) is 10.0. The van der Waals surface area contributed by atoms with Crippen molar-refractivity contribution in [2.45, 2.75) is 32.7 Å². The van der Waals surface area contributed by atoms with Crippen LogP contribution < -0.4 is 17.2 Å². The Morgan fingerprint density at radius 1 is 1.12 bits per heavy atom. The van der Waals surface area contributed by atoms with Gasteiger partial charge in [0, 0.05) is 32.9 Å². The van der Waals surface area contributed by atoms with E-state index in [-0.39, 0.29) is 11.9 Å². The predicted molar refractivity (Wildman–Crippen MR) is 62.1 cm³/mol. The molecular formula is C9H21N3O5. The van der Waals surface area contributed by atoms with Crippen molar-refractivity contribution < 1.29 is 24.6 Å². The summed E-state index contributed by atoms with van der Waals surface area (Å²) in [5, 5.41) is 14.8. The lowest BCUT2D eigenvalue weighted by molar-refractivity contribution is -0.135. The van der Waals surface area contributed by atoms with Gasteiger partial charge in [0.2, 0.25) is 5.91 Å². The minimum atomic E-state index is -0.833. The molecule has 8 heteroatoms. The molecule has 0 aliphatic heterocycles. The highest BCUT2D eigenvalue weighted by Gasteiger charge is 2.00. The first-order valence-corrected chi connectivity index (χ1v) is 4.76. The molecule has 17 heavy (non-hydrogen) atoms. The molecular weight excluding hydrogens is 230 g/mol. The number of carboxylic acid groups (broad SMARTS) is 2. The first kappa shape index (κ1) is 20.7. The van der Waals surface area contributed by atoms with Gasteiger partial charge >= 0.3 is 0 Å². The van der Waals surface area contributed by atoms with E-state index < -0.39 is 11.9 Å². The fraction of sp³-hybridized carbons (Fsp3) is 0.667. The van der Waals surface area contributed by atoms with Crippen molar-refractivity contribution in [1.82, 2.24) is 0 Å². The third-order valence-electron chi connectivity index (χ3n) is 1.06. The van der Waals surface area contributed by atoms with Crippen molar-refractivity contribution in [2.75, 3.05) is 6.54 Å². The maximum absolute atomic E-state index is 10.1. The summed E-state index contributed by atoms with van der Waals surface area (Å²) < 4.78 is 0. The SMILES string of the molecule is CC(=O)O.CC(=O)O.NCC(N)CCC(N)=O. The summed E-state index contributed by atoms with van der Waals surface area (Å²) >= 11 is 0. The van der Waals surface area contributed by atoms with Crippen LogP contribution in [0.4, 0.5) is 0 Å². The van der Waals surface area contributed by atoms with Gasteiger partial charge < -0.3 is 27.4 Å². The Hall–Kier alpha value is -1.67. The first-order chi connectivity index (χ1) is 7.63. The number of aliphatic carboxylic acids is 2. The van der Waals surface area contributed by atoms with Crippen LogP contribution in [0.2, 0.25) is 0 Å². The summed E-state index contributed by atoms with van der Waals surface area (Å²) in [6.45, 7) is 2.58. The molecule has 8 N–H and O–H groups in total. The van der Waals surface area contributed by atoms with E-state index in [9.17, 15) is 4.79 Å². The number of rotatable bonds is 4. The lowest BCUT2D eigenvalue weighted by Gasteiger charge is -2.04. The molecule has 0 fully saturated rings. The van der Waals surface area contributed by atoms with E-state index in [1.807, 2.05) is 0 Å². The standard InChI is InChI=1S/C5H13N3O.2C2H4O2/c6-3-4(7)1-2-5(8)9;2*1-2(3)4/h4H,1-3,6-7H2,(H2,8,9);2*1H3,(H,3,4). The second kappa shape index (κ2) is 14.3. The number of hydrogen-bond acceptors (Lipinski definition) is 5. The lowest BCUT2D eigenvalue weighted by Crippen LogP contribution is -2.30. The maximum Gasteiger partial charge on any atom is 0.300 e. The summed E-state index contributed by atoms with van der Waals surface area (Å²) in [5.41, 5.74) is 15.4. The van der Waals surface area contributed by atoms with Gasteiger partial charge in [-0.1, -0.05) is 0 Å². The van der Waals surface area contributed by atoms with Crippen LogP contribution in [0, 0.1) is 0 Å². The first-order valence-electron chi connectivity index (χ1n) is 4.76. The third-order valence-corrected chi connectivity index (χ3v) is 1.06. The Balaban J connectivity index is -0.000000205. The number of carboxylic acids is 2. The largest absolute Gasteiger partial charge is 0.481 e. The van der Waals surface area contributed by atoms with Crippen LogP contribution >= 0.6 is 0 Å². The molecule has 0 saturated heterocycles. The van der Waals surface area contributed by atoms with E-state index in [0.717, 1.165) is 13.8 Å². The molecule has 0 aromatic heterocycles. The van der Waals surface area contributed by atoms with Crippen LogP contribution in [0.25, 0.3) is 0 Å². The molecule has 1 unspecified atom stereocenters. The van der Waals surface area contributed by atoms with Crippen LogP contribution in [0.3, 0.4) is 0 Å². The van der Waals surface area contributed by atoms with E-state index in [4.69, 9.17) is 37.0 Å². The van der Waals surface area contributed by atoms with Crippen LogP contribution in [0.15, 0.2) is 0 Å². The summed E-state index contributed by atoms with van der Waals surface area (Å²) in [5.74, 6) is -1.99. The molecule has 0 aliphatic rings. The molecule has 0 aliphatic carbocycles. The number of carbonyl (C=O) groups excluding carboxylic acids is 1. The summed E-state index contributed by atoms with van der Waals surface area (Å²) in [4.78, 5) is 28.1. The second-order valence-electron chi connectivity index (χ2n) is 3.04. The Bertz CT molecular complexity index is 213. The van der Waals surface area contributed by atoms with E-state index in [1.165, 1.54) is 0 Å². The zero-order valence-electron chi connectivity index (χ0n) is 10.0. The fourth-order valence-electron chi connectivity index (χ4n) is 0.446. The smallest absolute Gasteiger partial charge is 0.300 e. The van der Waals surface area contributed by atoms with E-state index >= 15 is 0 Å². The van der Waals surface area contributed by atoms with Gasteiger partial charge in [-0.3, -0.25) is 14.4 Å². The van der Waals surface area contributed by atoms with Crippen molar-refractivity contribution in [1.29, 1.82) is 0 Å². The van der Waals surface area contributed by atoms with Crippen molar-refractivity contribution in [3.05, 3.63) is 0 Å². The van der Waals surface area contributed by atoms with E-state index in [1.54, 1.807) is 0 Å². The average molecular weight is 251 g/mol. The van der Waals surface area contributed by atoms with Crippen molar-refractivity contribution in [3.63, 3.8) is 0 Å². The molecule has 0 aromatic rings. The number of primary amides is 1. The molecule has 0 aromatic carbocycles. The van der Waals surface area contributed by atoms with Gasteiger partial charge in [-0.05, 0) is 6.42 Å². The highest BCUT2D eigenvalue weighted by atomic mass is 16.4. The predicted octanol–water partition coefficient (Wildman–Crippen LogP) is -1.28. The van der Waals surface area contributed by atoms with Gasteiger partial charge in [0.05, 0.1) is 0 Å². The van der Waals surface area contributed by atoms with Gasteiger partial charge in [-0.2, -0.15) is 0 Å². The average Bonchev–Trinajstić information content (AvgIpc) is 2.12. The van der Waals surface area contributed by atoms with Crippen LogP contribution in [0.5, 0.6) is 0 Å². The number of amides is 1. The Morgan fingerprint density at radius 2 is 1.41 bits per heavy atom. The molecule has 1 atom stereocenters. The molecule has 102 valence electrons. The van der Waals surface area contributed by atoms with Crippen LogP contribution in [0.1, 0.15) is 26.7 Å². The highest BCUT2D eigenvalue weighted by Crippen LogP contribution is 1.89. The Kier molecular flexibility index (Phi) is 17.5. The van der Waals surface area contributed by atoms with Gasteiger partial charge in [-0.15, -0.1) is 0 Å². The highest BCUT2D eigenvalue weighted by molar-refractivity contribution is 5.73. The second-order valence-corrected chi connectivity index (χ2v) is 3.04. The Morgan fingerprint density at radius 3 is 1.59 bits per heavy atom. The van der Waals surface area contributed by atoms with Crippen LogP contribution in [-0.4, -0.2) is 40.6 Å². The molecule has 0 bridgehead atoms. The number of nitrogens with two attached hydrogens (primary N) is 3. The van der Waals surface area contributed by atoms with Crippen molar-refractivity contribution in [3.8, 4) is 0 Å². The Labute approximate surface area is 99.8 Å². The van der Waals surface area contributed by atoms with Gasteiger partial charge in [-0.25, -0.2) is 0 Å². The van der Waals surface area contributed by atoms with E-state index in [2.05, 4.69) is 0 Å². The summed E-state index contributed by atoms with van der Waals surface area (Å²) in [6.07, 6.45) is 0.921. The monoisotopic (exact) mass is 251 g/mol. The molecule has 0 spiro atoms. The van der Waals surface area contributed by atoms with Crippen molar-refractivity contribution >= 4 is 17.8 Å². The molecule has 0 heterocycles. The maximum atomic E-state index is 10.1. The quantitative estimate of drug-likeness (QED) is 0.414. The van der Waals surface area contributed by atoms with Crippen LogP contribution in [-0.2, 0) is 14.4 Å². The number of hydrogen-bond donors (Lipinski definition) is 5. The third kappa shape index (κ3) is 76.7. The lowest BCUT2D eigenvalue weighted by atomic mass is 10.2. The minimum absolute atomic E-state index is 0.0856. The van der Waals surface area contributed by atoms with E-state index in [0.29, 0.717) is 19.4 Å². The van der Waals surface area contributed by atoms with Gasteiger partial charge in [0.25, 0.3) is 11.9 Å². The molecule has 0 radical (unpaired) electrons. The summed E-state index contributed by atoms with van der Waals surface area (Å²) in [6, 6.07) is -0.0856. The van der Waals surface area contributed by atoms with Crippen molar-refractivity contribution in [2.24, 2.45) is 17.2 Å². The molecule has 0 rings (SSSR count). The topological polar surface area (TPSA) is 170 Å². The zero-order chi connectivity index (χ0) is 14.4. The fourth-order valence-corrected chi connectivity index (χ4v) is 0.446. The molecule has 1 amide bonds. The normalized spacial score (nSPS) is 9.88. The molecule has 0 saturated carbocycles.